The summed E-state index contributed by atoms with van der Waals surface area (Å²) in [6.45, 7) is 3.01. The Morgan fingerprint density at radius 3 is 2.80 bits per heavy atom. The quantitative estimate of drug-likeness (QED) is 0.810. The molecule has 78 valence electrons. The molecule has 0 unspecified atom stereocenters. The molecule has 3 nitrogen and oxygen atoms in total. The summed E-state index contributed by atoms with van der Waals surface area (Å²) in [5, 5.41) is 1.02. The molecule has 0 aliphatic carbocycles. The van der Waals surface area contributed by atoms with Crippen LogP contribution >= 0.6 is 0 Å². The number of pyridine rings is 1. The number of aromatic nitrogens is 1. The van der Waals surface area contributed by atoms with Crippen LogP contribution < -0.4 is 10.6 Å². The highest BCUT2D eigenvalue weighted by Crippen LogP contribution is 2.23. The van der Waals surface area contributed by atoms with Crippen LogP contribution in [-0.4, -0.2) is 18.6 Å². The molecule has 0 radical (unpaired) electrons. The van der Waals surface area contributed by atoms with Crippen LogP contribution in [0.15, 0.2) is 30.3 Å². The smallest absolute Gasteiger partial charge is 0.131 e. The zero-order valence-electron chi connectivity index (χ0n) is 9.07. The molecule has 3 heteroatoms. The van der Waals surface area contributed by atoms with Crippen LogP contribution in [0.25, 0.3) is 10.9 Å². The van der Waals surface area contributed by atoms with E-state index in [9.17, 15) is 0 Å². The van der Waals surface area contributed by atoms with Crippen molar-refractivity contribution < 1.29 is 0 Å². The van der Waals surface area contributed by atoms with Gasteiger partial charge in [-0.05, 0) is 13.0 Å². The Labute approximate surface area is 89.5 Å². The van der Waals surface area contributed by atoms with Crippen LogP contribution in [0.1, 0.15) is 6.92 Å². The van der Waals surface area contributed by atoms with Gasteiger partial charge in [-0.2, -0.15) is 0 Å². The van der Waals surface area contributed by atoms with Crippen molar-refractivity contribution in [2.45, 2.75) is 6.92 Å². The van der Waals surface area contributed by atoms with Crippen LogP contribution in [0.4, 0.5) is 11.5 Å². The molecule has 2 rings (SSSR count). The third-order valence-corrected chi connectivity index (χ3v) is 2.60. The Morgan fingerprint density at radius 2 is 2.07 bits per heavy atom. The Kier molecular flexibility index (Phi) is 2.46. The van der Waals surface area contributed by atoms with E-state index in [2.05, 4.69) is 16.8 Å². The first kappa shape index (κ1) is 9.77. The summed E-state index contributed by atoms with van der Waals surface area (Å²) in [5.74, 6) is 0.925. The Morgan fingerprint density at radius 1 is 1.33 bits per heavy atom. The van der Waals surface area contributed by atoms with Gasteiger partial charge in [-0.15, -0.1) is 0 Å². The van der Waals surface area contributed by atoms with Gasteiger partial charge in [0.25, 0.3) is 0 Å². The van der Waals surface area contributed by atoms with E-state index in [-0.39, 0.29) is 0 Å². The lowest BCUT2D eigenvalue weighted by molar-refractivity contribution is 0.945. The summed E-state index contributed by atoms with van der Waals surface area (Å²) in [7, 11) is 2.01. The number of nitrogens with two attached hydrogens (primary N) is 1. The summed E-state index contributed by atoms with van der Waals surface area (Å²) >= 11 is 0. The van der Waals surface area contributed by atoms with Gasteiger partial charge in [-0.25, -0.2) is 4.98 Å². The minimum absolute atomic E-state index is 0.788. The fourth-order valence-electron chi connectivity index (χ4n) is 1.55. The Bertz CT molecular complexity index is 479. The van der Waals surface area contributed by atoms with Gasteiger partial charge < -0.3 is 10.6 Å². The summed E-state index contributed by atoms with van der Waals surface area (Å²) in [6.07, 6.45) is 0. The van der Waals surface area contributed by atoms with Crippen LogP contribution in [0.2, 0.25) is 0 Å². The third-order valence-electron chi connectivity index (χ3n) is 2.60. The first-order valence-electron chi connectivity index (χ1n) is 5.08. The fourth-order valence-corrected chi connectivity index (χ4v) is 1.55. The van der Waals surface area contributed by atoms with Crippen molar-refractivity contribution in [3.63, 3.8) is 0 Å². The van der Waals surface area contributed by atoms with Crippen molar-refractivity contribution in [1.29, 1.82) is 0 Å². The predicted octanol–water partition coefficient (Wildman–Crippen LogP) is 2.27. The van der Waals surface area contributed by atoms with Gasteiger partial charge in [-0.1, -0.05) is 18.2 Å². The molecule has 2 N–H and O–H groups in total. The molecule has 1 heterocycles. The predicted molar refractivity (Wildman–Crippen MR) is 65.1 cm³/mol. The van der Waals surface area contributed by atoms with Gasteiger partial charge in [0.05, 0.1) is 5.52 Å². The van der Waals surface area contributed by atoms with E-state index >= 15 is 0 Å². The molecule has 0 amide bonds. The number of fused-ring (bicyclic) bond motifs is 1. The summed E-state index contributed by atoms with van der Waals surface area (Å²) in [4.78, 5) is 6.62. The average molecular weight is 201 g/mol. The van der Waals surface area contributed by atoms with Crippen molar-refractivity contribution in [3.8, 4) is 0 Å². The highest BCUT2D eigenvalue weighted by Gasteiger charge is 2.04. The van der Waals surface area contributed by atoms with Gasteiger partial charge in [0.15, 0.2) is 0 Å². The standard InChI is InChI=1S/C12H15N3/c1-3-15(2)12-8-10(13)9-6-4-5-7-11(9)14-12/h4-8H,3H2,1-2H3,(H2,13,14). The van der Waals surface area contributed by atoms with Crippen molar-refractivity contribution >= 4 is 22.4 Å². The SMILES string of the molecule is CCN(C)c1cc(N)c2ccccc2n1. The van der Waals surface area contributed by atoms with Gasteiger partial charge in [-0.3, -0.25) is 0 Å². The van der Waals surface area contributed by atoms with E-state index < -0.39 is 0 Å². The molecule has 0 aliphatic heterocycles. The number of anilines is 2. The lowest BCUT2D eigenvalue weighted by Crippen LogP contribution is -2.17. The van der Waals surface area contributed by atoms with E-state index in [1.54, 1.807) is 0 Å². The number of rotatable bonds is 2. The molecule has 0 saturated carbocycles. The molecule has 15 heavy (non-hydrogen) atoms. The minimum atomic E-state index is 0.788. The molecule has 2 aromatic rings. The van der Waals surface area contributed by atoms with Crippen molar-refractivity contribution in [2.75, 3.05) is 24.2 Å². The minimum Gasteiger partial charge on any atom is -0.398 e. The Hall–Kier alpha value is -1.77. The molecular weight excluding hydrogens is 186 g/mol. The second-order valence-corrected chi connectivity index (χ2v) is 3.60. The molecule has 0 atom stereocenters. The topological polar surface area (TPSA) is 42.1 Å². The van der Waals surface area contributed by atoms with E-state index in [0.29, 0.717) is 0 Å². The second-order valence-electron chi connectivity index (χ2n) is 3.60. The van der Waals surface area contributed by atoms with Crippen molar-refractivity contribution in [1.82, 2.24) is 4.98 Å². The molecule has 0 fully saturated rings. The molecule has 1 aromatic heterocycles. The lowest BCUT2D eigenvalue weighted by atomic mass is 10.2. The number of nitrogen functional groups attached to an aromatic ring is 1. The fraction of sp³-hybridized carbons (Fsp3) is 0.250. The van der Waals surface area contributed by atoms with E-state index in [0.717, 1.165) is 29.0 Å². The van der Waals surface area contributed by atoms with Crippen LogP contribution in [0.5, 0.6) is 0 Å². The number of benzene rings is 1. The van der Waals surface area contributed by atoms with Gasteiger partial charge in [0.1, 0.15) is 5.82 Å². The maximum Gasteiger partial charge on any atom is 0.131 e. The number of hydrogen-bond donors (Lipinski definition) is 1. The van der Waals surface area contributed by atoms with Crippen LogP contribution in [-0.2, 0) is 0 Å². The van der Waals surface area contributed by atoms with E-state index in [1.165, 1.54) is 0 Å². The van der Waals surface area contributed by atoms with Gasteiger partial charge in [0, 0.05) is 30.7 Å². The zero-order chi connectivity index (χ0) is 10.8. The average Bonchev–Trinajstić information content (AvgIpc) is 2.28. The maximum absolute atomic E-state index is 5.98. The van der Waals surface area contributed by atoms with E-state index in [1.807, 2.05) is 37.4 Å². The van der Waals surface area contributed by atoms with Crippen molar-refractivity contribution in [2.24, 2.45) is 0 Å². The number of hydrogen-bond acceptors (Lipinski definition) is 3. The maximum atomic E-state index is 5.98. The summed E-state index contributed by atoms with van der Waals surface area (Å²) in [6, 6.07) is 9.85. The number of para-hydroxylation sites is 1. The summed E-state index contributed by atoms with van der Waals surface area (Å²) < 4.78 is 0. The highest BCUT2D eigenvalue weighted by molar-refractivity contribution is 5.91. The van der Waals surface area contributed by atoms with Gasteiger partial charge >= 0.3 is 0 Å². The third kappa shape index (κ3) is 1.73. The van der Waals surface area contributed by atoms with Crippen LogP contribution in [0.3, 0.4) is 0 Å². The molecule has 1 aromatic carbocycles. The lowest BCUT2D eigenvalue weighted by Gasteiger charge is -2.16. The largest absolute Gasteiger partial charge is 0.398 e. The van der Waals surface area contributed by atoms with Crippen LogP contribution in [0, 0.1) is 0 Å². The Balaban J connectivity index is 2.62. The van der Waals surface area contributed by atoms with Gasteiger partial charge in [0.2, 0.25) is 0 Å². The molecule has 0 spiro atoms. The summed E-state index contributed by atoms with van der Waals surface area (Å²) in [5.41, 5.74) is 7.72. The number of nitrogens with zero attached hydrogens (tertiary/aromatic N) is 2. The normalized spacial score (nSPS) is 10.5. The molecule has 0 saturated heterocycles. The van der Waals surface area contributed by atoms with Crippen molar-refractivity contribution in [3.05, 3.63) is 30.3 Å². The zero-order valence-corrected chi connectivity index (χ0v) is 9.07. The second kappa shape index (κ2) is 3.77. The van der Waals surface area contributed by atoms with E-state index in [4.69, 9.17) is 5.73 Å². The monoisotopic (exact) mass is 201 g/mol. The molecule has 0 aliphatic rings. The molecular formula is C12H15N3. The molecule has 0 bridgehead atoms. The first-order valence-corrected chi connectivity index (χ1v) is 5.08. The first-order chi connectivity index (χ1) is 7.22. The highest BCUT2D eigenvalue weighted by atomic mass is 15.2.